The van der Waals surface area contributed by atoms with Gasteiger partial charge in [0, 0.05) is 23.7 Å². The van der Waals surface area contributed by atoms with Gasteiger partial charge in [-0.2, -0.15) is 0 Å². The van der Waals surface area contributed by atoms with Crippen LogP contribution in [-0.4, -0.2) is 42.6 Å². The van der Waals surface area contributed by atoms with Crippen LogP contribution < -0.4 is 10.1 Å². The molecule has 0 radical (unpaired) electrons. The van der Waals surface area contributed by atoms with Gasteiger partial charge in [0.2, 0.25) is 0 Å². The van der Waals surface area contributed by atoms with Gasteiger partial charge in [0.25, 0.3) is 5.91 Å². The van der Waals surface area contributed by atoms with Crippen LogP contribution in [0.4, 0.5) is 0 Å². The lowest BCUT2D eigenvalue weighted by atomic mass is 10.1. The number of nitrogens with zero attached hydrogens (tertiary/aromatic N) is 1. The Morgan fingerprint density at radius 3 is 3.00 bits per heavy atom. The number of fused-ring (bicyclic) bond motifs is 2. The Bertz CT molecular complexity index is 521. The van der Waals surface area contributed by atoms with E-state index in [1.807, 2.05) is 24.0 Å². The molecule has 2 aliphatic rings. The molecule has 3 rings (SSSR count). The number of ether oxygens (including phenoxy) is 1. The van der Waals surface area contributed by atoms with Crippen LogP contribution in [0.15, 0.2) is 18.2 Å². The molecule has 2 aliphatic heterocycles. The molecule has 2 atom stereocenters. The largest absolute Gasteiger partial charge is 0.483 e. The van der Waals surface area contributed by atoms with Gasteiger partial charge in [-0.05, 0) is 56.5 Å². The summed E-state index contributed by atoms with van der Waals surface area (Å²) in [4.78, 5) is 14.6. The molecule has 114 valence electrons. The molecule has 2 saturated heterocycles. The topological polar surface area (TPSA) is 41.6 Å². The van der Waals surface area contributed by atoms with Crippen LogP contribution in [0.5, 0.6) is 5.75 Å². The Hall–Kier alpha value is -1.26. The Morgan fingerprint density at radius 1 is 1.38 bits per heavy atom. The molecule has 1 aromatic carbocycles. The Kier molecular flexibility index (Phi) is 4.36. The monoisotopic (exact) mass is 308 g/mol. The zero-order valence-electron chi connectivity index (χ0n) is 12.3. The molecular weight excluding hydrogens is 288 g/mol. The van der Waals surface area contributed by atoms with Crippen LogP contribution in [0.2, 0.25) is 5.02 Å². The minimum Gasteiger partial charge on any atom is -0.483 e. The van der Waals surface area contributed by atoms with Gasteiger partial charge in [-0.25, -0.2) is 0 Å². The summed E-state index contributed by atoms with van der Waals surface area (Å²) in [6.45, 7) is 3.95. The first-order chi connectivity index (χ1) is 10.1. The van der Waals surface area contributed by atoms with Crippen molar-refractivity contribution in [1.82, 2.24) is 10.2 Å². The highest BCUT2D eigenvalue weighted by molar-refractivity contribution is 6.30. The van der Waals surface area contributed by atoms with E-state index in [9.17, 15) is 4.79 Å². The summed E-state index contributed by atoms with van der Waals surface area (Å²) in [5, 5.41) is 4.09. The third kappa shape index (κ3) is 3.16. The van der Waals surface area contributed by atoms with E-state index >= 15 is 0 Å². The van der Waals surface area contributed by atoms with Crippen molar-refractivity contribution < 1.29 is 9.53 Å². The summed E-state index contributed by atoms with van der Waals surface area (Å²) in [6, 6.07) is 6.17. The van der Waals surface area contributed by atoms with Crippen LogP contribution >= 0.6 is 11.6 Å². The van der Waals surface area contributed by atoms with Gasteiger partial charge in [0.1, 0.15) is 5.75 Å². The average molecular weight is 309 g/mol. The van der Waals surface area contributed by atoms with E-state index in [0.717, 1.165) is 43.7 Å². The zero-order valence-corrected chi connectivity index (χ0v) is 13.0. The number of nitrogens with one attached hydrogen (secondary N) is 1. The lowest BCUT2D eigenvalue weighted by Crippen LogP contribution is -2.44. The number of carbonyl (C=O) groups is 1. The van der Waals surface area contributed by atoms with Crippen molar-refractivity contribution in [1.29, 1.82) is 0 Å². The van der Waals surface area contributed by atoms with Crippen molar-refractivity contribution in [2.45, 2.75) is 38.3 Å². The fraction of sp³-hybridized carbons (Fsp3) is 0.562. The van der Waals surface area contributed by atoms with Crippen molar-refractivity contribution in [2.24, 2.45) is 0 Å². The molecule has 0 saturated carbocycles. The van der Waals surface area contributed by atoms with E-state index in [4.69, 9.17) is 16.3 Å². The van der Waals surface area contributed by atoms with Crippen molar-refractivity contribution in [3.63, 3.8) is 0 Å². The average Bonchev–Trinajstić information content (AvgIpc) is 2.71. The zero-order chi connectivity index (χ0) is 14.8. The number of rotatable bonds is 3. The number of halogens is 1. The number of benzene rings is 1. The van der Waals surface area contributed by atoms with Crippen LogP contribution in [0.1, 0.15) is 24.8 Å². The summed E-state index contributed by atoms with van der Waals surface area (Å²) in [5.74, 6) is 0.827. The minimum absolute atomic E-state index is 0.0977. The van der Waals surface area contributed by atoms with E-state index < -0.39 is 0 Å². The molecule has 21 heavy (non-hydrogen) atoms. The SMILES string of the molecule is Cc1cc(Cl)ccc1OCC(=O)N1C2CCNCC1CC2. The molecule has 2 fully saturated rings. The molecule has 1 amide bonds. The van der Waals surface area contributed by atoms with Crippen LogP contribution in [0, 0.1) is 6.92 Å². The van der Waals surface area contributed by atoms with Crippen LogP contribution in [0.3, 0.4) is 0 Å². The maximum absolute atomic E-state index is 12.5. The molecule has 2 unspecified atom stereocenters. The van der Waals surface area contributed by atoms with E-state index in [0.29, 0.717) is 17.1 Å². The Labute approximate surface area is 130 Å². The van der Waals surface area contributed by atoms with Crippen molar-refractivity contribution >= 4 is 17.5 Å². The Morgan fingerprint density at radius 2 is 2.19 bits per heavy atom. The van der Waals surface area contributed by atoms with Crippen LogP contribution in [-0.2, 0) is 4.79 Å². The van der Waals surface area contributed by atoms with Gasteiger partial charge < -0.3 is 15.0 Å². The third-order valence-electron chi connectivity index (χ3n) is 4.43. The molecule has 0 aliphatic carbocycles. The van der Waals surface area contributed by atoms with E-state index in [-0.39, 0.29) is 12.5 Å². The number of carbonyl (C=O) groups excluding carboxylic acids is 1. The molecule has 5 heteroatoms. The molecule has 2 heterocycles. The first-order valence-corrected chi connectivity index (χ1v) is 7.94. The highest BCUT2D eigenvalue weighted by Gasteiger charge is 2.37. The molecule has 0 spiro atoms. The minimum atomic E-state index is 0.0977. The van der Waals surface area contributed by atoms with Gasteiger partial charge in [-0.3, -0.25) is 4.79 Å². The second kappa shape index (κ2) is 6.24. The van der Waals surface area contributed by atoms with Gasteiger partial charge in [0.05, 0.1) is 0 Å². The maximum Gasteiger partial charge on any atom is 0.261 e. The number of hydrogen-bond acceptors (Lipinski definition) is 3. The molecule has 1 N–H and O–H groups in total. The quantitative estimate of drug-likeness (QED) is 0.932. The first kappa shape index (κ1) is 14.7. The summed E-state index contributed by atoms with van der Waals surface area (Å²) in [6.07, 6.45) is 3.27. The summed E-state index contributed by atoms with van der Waals surface area (Å²) in [5.41, 5.74) is 0.954. The second-order valence-electron chi connectivity index (χ2n) is 5.88. The van der Waals surface area contributed by atoms with Crippen molar-refractivity contribution in [3.8, 4) is 5.75 Å². The lowest BCUT2D eigenvalue weighted by Gasteiger charge is -2.27. The fourth-order valence-electron chi connectivity index (χ4n) is 3.38. The van der Waals surface area contributed by atoms with Gasteiger partial charge >= 0.3 is 0 Å². The summed E-state index contributed by atoms with van der Waals surface area (Å²) < 4.78 is 5.70. The number of amides is 1. The predicted octanol–water partition coefficient (Wildman–Crippen LogP) is 2.38. The number of hydrogen-bond donors (Lipinski definition) is 1. The van der Waals surface area contributed by atoms with Gasteiger partial charge in [-0.1, -0.05) is 11.6 Å². The van der Waals surface area contributed by atoms with Crippen molar-refractivity contribution in [2.75, 3.05) is 19.7 Å². The molecule has 4 nitrogen and oxygen atoms in total. The second-order valence-corrected chi connectivity index (χ2v) is 6.31. The highest BCUT2D eigenvalue weighted by atomic mass is 35.5. The van der Waals surface area contributed by atoms with E-state index in [1.165, 1.54) is 0 Å². The standard InChI is InChI=1S/C16H21ClN2O2/c1-11-8-12(17)2-5-15(11)21-10-16(20)19-13-3-4-14(19)9-18-7-6-13/h2,5,8,13-14,18H,3-4,6-7,9-10H2,1H3. The van der Waals surface area contributed by atoms with Crippen molar-refractivity contribution in [3.05, 3.63) is 28.8 Å². The van der Waals surface area contributed by atoms with E-state index in [1.54, 1.807) is 6.07 Å². The molecule has 1 aromatic rings. The van der Waals surface area contributed by atoms with Gasteiger partial charge in [-0.15, -0.1) is 0 Å². The van der Waals surface area contributed by atoms with Gasteiger partial charge in [0.15, 0.2) is 6.61 Å². The molecule has 2 bridgehead atoms. The molecule has 0 aromatic heterocycles. The smallest absolute Gasteiger partial charge is 0.261 e. The highest BCUT2D eigenvalue weighted by Crippen LogP contribution is 2.28. The Balaban J connectivity index is 1.63. The summed E-state index contributed by atoms with van der Waals surface area (Å²) >= 11 is 5.93. The predicted molar refractivity (Wildman–Crippen MR) is 82.8 cm³/mol. The third-order valence-corrected chi connectivity index (χ3v) is 4.67. The molecular formula is C16H21ClN2O2. The lowest BCUT2D eigenvalue weighted by molar-refractivity contribution is -0.136. The number of aryl methyl sites for hydroxylation is 1. The van der Waals surface area contributed by atoms with Crippen LogP contribution in [0.25, 0.3) is 0 Å². The van der Waals surface area contributed by atoms with E-state index in [2.05, 4.69) is 5.32 Å². The maximum atomic E-state index is 12.5. The first-order valence-electron chi connectivity index (χ1n) is 7.56. The fourth-order valence-corrected chi connectivity index (χ4v) is 3.60. The summed E-state index contributed by atoms with van der Waals surface area (Å²) in [7, 11) is 0. The normalized spacial score (nSPS) is 24.8.